The lowest BCUT2D eigenvalue weighted by Crippen LogP contribution is -2.46. The highest BCUT2D eigenvalue weighted by molar-refractivity contribution is 6.76. The summed E-state index contributed by atoms with van der Waals surface area (Å²) in [5.74, 6) is 0. The Hall–Kier alpha value is -0.123. The molecule has 2 aliphatic rings. The van der Waals surface area contributed by atoms with Crippen molar-refractivity contribution in [2.75, 3.05) is 14.2 Å². The first kappa shape index (κ1) is 11.4. The molecule has 0 aromatic rings. The predicted octanol–water partition coefficient (Wildman–Crippen LogP) is 3.32. The zero-order valence-corrected chi connectivity index (χ0v) is 10.9. The van der Waals surface area contributed by atoms with E-state index in [0.717, 1.165) is 0 Å². The molecule has 3 heteroatoms. The number of allylic oxidation sites excluding steroid dienone is 2. The Morgan fingerprint density at radius 3 is 2.27 bits per heavy atom. The first-order valence-electron chi connectivity index (χ1n) is 6.13. The van der Waals surface area contributed by atoms with Gasteiger partial charge in [0.25, 0.3) is 0 Å². The molecule has 0 spiro atoms. The van der Waals surface area contributed by atoms with E-state index in [1.807, 2.05) is 14.2 Å². The van der Waals surface area contributed by atoms with Gasteiger partial charge in [-0.1, -0.05) is 18.9 Å². The van der Waals surface area contributed by atoms with Crippen molar-refractivity contribution < 1.29 is 8.85 Å². The Bertz CT molecular complexity index is 240. The average molecular weight is 226 g/mol. The molecule has 0 heterocycles. The molecular formula is C12H22O2Si. The third kappa shape index (κ3) is 1.93. The van der Waals surface area contributed by atoms with E-state index in [1.54, 1.807) is 0 Å². The third-order valence-electron chi connectivity index (χ3n) is 3.99. The fraction of sp³-hybridized carbons (Fsp3) is 0.833. The molecule has 1 fully saturated rings. The van der Waals surface area contributed by atoms with Gasteiger partial charge >= 0.3 is 8.56 Å². The summed E-state index contributed by atoms with van der Waals surface area (Å²) in [6.45, 7) is 0. The average Bonchev–Trinajstić information content (AvgIpc) is 2.92. The highest BCUT2D eigenvalue weighted by Crippen LogP contribution is 2.45. The number of rotatable bonds is 4. The fourth-order valence-corrected chi connectivity index (χ4v) is 7.24. The standard InChI is InChI=1S/C12H22O2Si/c1-13-15(14-2,11-7-3-4-8-11)12-9-5-6-10-12/h7,12H,3-6,8-10H2,1-2H3. The SMILES string of the molecule is CO[Si](OC)(C1=CCCC1)C1CCCC1. The molecule has 0 aromatic heterocycles. The second kappa shape index (κ2) is 4.81. The van der Waals surface area contributed by atoms with Crippen molar-refractivity contribution >= 4 is 8.56 Å². The molecular weight excluding hydrogens is 204 g/mol. The van der Waals surface area contributed by atoms with Crippen LogP contribution in [0.3, 0.4) is 0 Å². The second-order valence-electron chi connectivity index (χ2n) is 4.68. The number of hydrogen-bond donors (Lipinski definition) is 0. The van der Waals surface area contributed by atoms with Gasteiger partial charge in [0.1, 0.15) is 0 Å². The molecule has 0 radical (unpaired) electrons. The smallest absolute Gasteiger partial charge is 0.370 e. The lowest BCUT2D eigenvalue weighted by atomic mass is 10.4. The number of hydrogen-bond acceptors (Lipinski definition) is 2. The van der Waals surface area contributed by atoms with Crippen LogP contribution < -0.4 is 0 Å². The molecule has 0 bridgehead atoms. The normalized spacial score (nSPS) is 23.5. The molecule has 0 atom stereocenters. The van der Waals surface area contributed by atoms with Crippen LogP contribution in [0.15, 0.2) is 11.3 Å². The van der Waals surface area contributed by atoms with E-state index in [2.05, 4.69) is 6.08 Å². The van der Waals surface area contributed by atoms with E-state index in [0.29, 0.717) is 5.54 Å². The van der Waals surface area contributed by atoms with Crippen LogP contribution in [0.5, 0.6) is 0 Å². The van der Waals surface area contributed by atoms with E-state index in [9.17, 15) is 0 Å². The van der Waals surface area contributed by atoms with Crippen molar-refractivity contribution in [2.45, 2.75) is 50.5 Å². The van der Waals surface area contributed by atoms with E-state index in [-0.39, 0.29) is 0 Å². The fourth-order valence-electron chi connectivity index (χ4n) is 3.23. The van der Waals surface area contributed by atoms with E-state index in [4.69, 9.17) is 8.85 Å². The molecule has 2 aliphatic carbocycles. The van der Waals surface area contributed by atoms with Crippen molar-refractivity contribution in [1.29, 1.82) is 0 Å². The Kier molecular flexibility index (Phi) is 3.64. The quantitative estimate of drug-likeness (QED) is 0.685. The Balaban J connectivity index is 2.21. The molecule has 0 aliphatic heterocycles. The van der Waals surface area contributed by atoms with Crippen molar-refractivity contribution in [3.8, 4) is 0 Å². The minimum Gasteiger partial charge on any atom is -0.394 e. The van der Waals surface area contributed by atoms with Gasteiger partial charge in [-0.3, -0.25) is 0 Å². The van der Waals surface area contributed by atoms with Crippen molar-refractivity contribution in [2.24, 2.45) is 0 Å². The summed E-state index contributed by atoms with van der Waals surface area (Å²) >= 11 is 0. The molecule has 1 saturated carbocycles. The highest BCUT2D eigenvalue weighted by Gasteiger charge is 2.49. The Morgan fingerprint density at radius 2 is 1.80 bits per heavy atom. The minimum atomic E-state index is -2.02. The van der Waals surface area contributed by atoms with Crippen LogP contribution in [0.25, 0.3) is 0 Å². The van der Waals surface area contributed by atoms with Crippen LogP contribution in [-0.2, 0) is 8.85 Å². The molecule has 86 valence electrons. The summed E-state index contributed by atoms with van der Waals surface area (Å²) in [6, 6.07) is 0. The van der Waals surface area contributed by atoms with Gasteiger partial charge in [-0.25, -0.2) is 0 Å². The van der Waals surface area contributed by atoms with Gasteiger partial charge in [0.2, 0.25) is 0 Å². The van der Waals surface area contributed by atoms with Gasteiger partial charge in [-0.2, -0.15) is 0 Å². The maximum atomic E-state index is 5.90. The summed E-state index contributed by atoms with van der Waals surface area (Å²) in [5.41, 5.74) is 0.705. The van der Waals surface area contributed by atoms with Crippen LogP contribution in [0, 0.1) is 0 Å². The molecule has 0 aromatic carbocycles. The first-order chi connectivity index (χ1) is 7.33. The highest BCUT2D eigenvalue weighted by atomic mass is 28.4. The van der Waals surface area contributed by atoms with Gasteiger partial charge in [0, 0.05) is 19.8 Å². The summed E-state index contributed by atoms with van der Waals surface area (Å²) in [5, 5.41) is 1.53. The first-order valence-corrected chi connectivity index (χ1v) is 8.02. The monoisotopic (exact) mass is 226 g/mol. The van der Waals surface area contributed by atoms with Gasteiger partial charge in [0.15, 0.2) is 0 Å². The van der Waals surface area contributed by atoms with Gasteiger partial charge in [-0.05, 0) is 37.3 Å². The van der Waals surface area contributed by atoms with Crippen LogP contribution in [0.2, 0.25) is 5.54 Å². The zero-order valence-electron chi connectivity index (χ0n) is 9.92. The summed E-state index contributed by atoms with van der Waals surface area (Å²) in [4.78, 5) is 0. The lowest BCUT2D eigenvalue weighted by molar-refractivity contribution is 0.237. The summed E-state index contributed by atoms with van der Waals surface area (Å²) < 4.78 is 11.8. The molecule has 15 heavy (non-hydrogen) atoms. The Labute approximate surface area is 93.9 Å². The van der Waals surface area contributed by atoms with E-state index in [1.165, 1.54) is 50.1 Å². The van der Waals surface area contributed by atoms with Gasteiger partial charge < -0.3 is 8.85 Å². The van der Waals surface area contributed by atoms with Crippen LogP contribution >= 0.6 is 0 Å². The molecule has 0 N–H and O–H groups in total. The lowest BCUT2D eigenvalue weighted by Gasteiger charge is -2.34. The maximum Gasteiger partial charge on any atom is 0.370 e. The van der Waals surface area contributed by atoms with Crippen molar-refractivity contribution in [3.05, 3.63) is 11.3 Å². The maximum absolute atomic E-state index is 5.90. The third-order valence-corrected chi connectivity index (χ3v) is 8.20. The van der Waals surface area contributed by atoms with Crippen molar-refractivity contribution in [1.82, 2.24) is 0 Å². The van der Waals surface area contributed by atoms with Crippen LogP contribution in [0.4, 0.5) is 0 Å². The van der Waals surface area contributed by atoms with E-state index < -0.39 is 8.56 Å². The molecule has 0 amide bonds. The summed E-state index contributed by atoms with van der Waals surface area (Å²) in [7, 11) is 1.69. The largest absolute Gasteiger partial charge is 0.394 e. The molecule has 0 saturated heterocycles. The van der Waals surface area contributed by atoms with Crippen LogP contribution in [0.1, 0.15) is 44.9 Å². The zero-order chi connectivity index (χ0) is 10.7. The minimum absolute atomic E-state index is 0.705. The van der Waals surface area contributed by atoms with Crippen molar-refractivity contribution in [3.63, 3.8) is 0 Å². The van der Waals surface area contributed by atoms with Gasteiger partial charge in [-0.15, -0.1) is 0 Å². The summed E-state index contributed by atoms with van der Waals surface area (Å²) in [6.07, 6.45) is 11.5. The molecule has 2 nitrogen and oxygen atoms in total. The predicted molar refractivity (Wildman–Crippen MR) is 63.9 cm³/mol. The topological polar surface area (TPSA) is 18.5 Å². The van der Waals surface area contributed by atoms with Gasteiger partial charge in [0.05, 0.1) is 0 Å². The second-order valence-corrected chi connectivity index (χ2v) is 8.29. The Morgan fingerprint density at radius 1 is 1.13 bits per heavy atom. The molecule has 2 rings (SSSR count). The van der Waals surface area contributed by atoms with E-state index >= 15 is 0 Å². The molecule has 0 unspecified atom stereocenters. The van der Waals surface area contributed by atoms with Crippen LogP contribution in [-0.4, -0.2) is 22.8 Å².